The van der Waals surface area contributed by atoms with Gasteiger partial charge >= 0.3 is 0 Å². The van der Waals surface area contributed by atoms with Gasteiger partial charge < -0.3 is 45.4 Å². The maximum atomic E-state index is 14.0. The molecule has 0 aliphatic carbocycles. The number of aliphatic hydroxyl groups is 2. The Labute approximate surface area is 446 Å². The molecule has 404 valence electrons. The average molecular weight is 1060 g/mol. The van der Waals surface area contributed by atoms with Gasteiger partial charge in [0.1, 0.15) is 29.7 Å². The van der Waals surface area contributed by atoms with Gasteiger partial charge in [-0.15, -0.1) is 17.9 Å². The molecule has 2 unspecified atom stereocenters. The molecule has 3 atom stereocenters. The highest BCUT2D eigenvalue weighted by molar-refractivity contribution is 7.13. The van der Waals surface area contributed by atoms with Crippen molar-refractivity contribution >= 4 is 57.4 Å². The van der Waals surface area contributed by atoms with Gasteiger partial charge in [-0.3, -0.25) is 24.1 Å². The van der Waals surface area contributed by atoms with Gasteiger partial charge in [0.05, 0.1) is 47.6 Å². The summed E-state index contributed by atoms with van der Waals surface area (Å²) < 4.78 is 14.6. The fourth-order valence-corrected chi connectivity index (χ4v) is 10.2. The second-order valence-corrected chi connectivity index (χ2v) is 21.7. The summed E-state index contributed by atoms with van der Waals surface area (Å²) in [4.78, 5) is 79.4. The summed E-state index contributed by atoms with van der Waals surface area (Å²) in [5.41, 5.74) is 5.27. The molecule has 21 heteroatoms. The van der Waals surface area contributed by atoms with Gasteiger partial charge in [-0.2, -0.15) is 4.98 Å². The van der Waals surface area contributed by atoms with E-state index in [1.54, 1.807) is 54.1 Å². The number of pyridine rings is 1. The maximum absolute atomic E-state index is 14.0. The van der Waals surface area contributed by atoms with Crippen molar-refractivity contribution in [2.24, 2.45) is 5.41 Å². The second kappa shape index (κ2) is 24.4. The van der Waals surface area contributed by atoms with Crippen molar-refractivity contribution in [1.29, 1.82) is 0 Å². The van der Waals surface area contributed by atoms with Gasteiger partial charge in [0.15, 0.2) is 11.5 Å². The Kier molecular flexibility index (Phi) is 17.8. The van der Waals surface area contributed by atoms with E-state index in [0.29, 0.717) is 41.7 Å². The van der Waals surface area contributed by atoms with Crippen molar-refractivity contribution in [3.8, 4) is 16.3 Å². The van der Waals surface area contributed by atoms with Gasteiger partial charge in [-0.05, 0) is 80.1 Å². The Balaban J connectivity index is 0.726. The van der Waals surface area contributed by atoms with Crippen molar-refractivity contribution in [3.05, 3.63) is 118 Å². The molecule has 6 heterocycles. The number of ether oxygens (including phenoxy) is 2. The highest BCUT2D eigenvalue weighted by Gasteiger charge is 2.44. The number of aromatic nitrogens is 6. The zero-order valence-corrected chi connectivity index (χ0v) is 45.0. The normalized spacial score (nSPS) is 16.7. The summed E-state index contributed by atoms with van der Waals surface area (Å²) in [6.45, 7) is 20.3. The molecule has 0 bridgehead atoms. The predicted octanol–water partition coefficient (Wildman–Crippen LogP) is 4.92. The quantitative estimate of drug-likeness (QED) is 0.0449. The smallest absolute Gasteiger partial charge is 0.278 e. The number of carbonyl (C=O) groups is 3. The molecule has 2 fully saturated rings. The Bertz CT molecular complexity index is 3030. The number of benzene rings is 2. The maximum Gasteiger partial charge on any atom is 0.278 e. The van der Waals surface area contributed by atoms with Crippen LogP contribution in [0.4, 0.5) is 17.3 Å². The van der Waals surface area contributed by atoms with Crippen molar-refractivity contribution in [1.82, 2.24) is 49.7 Å². The number of piperazine rings is 1. The van der Waals surface area contributed by atoms with E-state index in [2.05, 4.69) is 59.4 Å². The second-order valence-electron chi connectivity index (χ2n) is 20.8. The SMILES string of the molecule is C=CCn1c(=O)c2cnc(Nc3ccc(N4CCN(CCCOCCOCC(=O)N[C@H](C(=O)N5CC(O)CC5C(=O)NCc5ccc(-c6scnc6C)cc5)C(C)(C)C)CC4)cc3)nc2n1-c1cccc(C(C)(C)O)n1. The van der Waals surface area contributed by atoms with E-state index in [1.807, 2.05) is 69.6 Å². The Hall–Kier alpha value is -6.88. The third kappa shape index (κ3) is 13.6. The topological polar surface area (TPSA) is 234 Å². The first-order chi connectivity index (χ1) is 36.4. The molecule has 2 aromatic carbocycles. The molecule has 0 radical (unpaired) electrons. The lowest BCUT2D eigenvalue weighted by atomic mass is 9.85. The van der Waals surface area contributed by atoms with Crippen LogP contribution in [0.3, 0.4) is 0 Å². The van der Waals surface area contributed by atoms with E-state index in [4.69, 9.17) is 14.5 Å². The molecular formula is C55H70N12O8S. The number of aryl methyl sites for hydroxylation is 1. The van der Waals surface area contributed by atoms with Crippen LogP contribution in [0.1, 0.15) is 64.4 Å². The largest absolute Gasteiger partial charge is 0.391 e. The van der Waals surface area contributed by atoms with Crippen LogP contribution in [-0.4, -0.2) is 151 Å². The van der Waals surface area contributed by atoms with Crippen molar-refractivity contribution in [2.75, 3.05) is 75.9 Å². The molecular weight excluding hydrogens is 989 g/mol. The number of rotatable bonds is 22. The Morgan fingerprint density at radius 3 is 2.36 bits per heavy atom. The summed E-state index contributed by atoms with van der Waals surface area (Å²) in [7, 11) is 0. The highest BCUT2D eigenvalue weighted by atomic mass is 32.1. The number of fused-ring (bicyclic) bond motifs is 1. The molecule has 0 saturated carbocycles. The minimum Gasteiger partial charge on any atom is -0.391 e. The van der Waals surface area contributed by atoms with Crippen LogP contribution in [0, 0.1) is 12.3 Å². The van der Waals surface area contributed by atoms with Crippen LogP contribution < -0.4 is 26.4 Å². The van der Waals surface area contributed by atoms with Gasteiger partial charge in [-0.25, -0.2) is 24.3 Å². The summed E-state index contributed by atoms with van der Waals surface area (Å²) >= 11 is 1.57. The van der Waals surface area contributed by atoms with Gasteiger partial charge in [-0.1, -0.05) is 57.2 Å². The zero-order valence-electron chi connectivity index (χ0n) is 44.2. The van der Waals surface area contributed by atoms with Crippen LogP contribution in [-0.2, 0) is 42.5 Å². The predicted molar refractivity (Wildman–Crippen MR) is 293 cm³/mol. The van der Waals surface area contributed by atoms with Gasteiger partial charge in [0, 0.05) is 76.4 Å². The number of β-amino-alcohol motifs (C(OH)–C–C–N with tert-alkyl or cyclic N) is 1. The molecule has 2 saturated heterocycles. The summed E-state index contributed by atoms with van der Waals surface area (Å²) in [5, 5.41) is 30.6. The number of nitrogens with zero attached hydrogens (tertiary/aromatic N) is 9. The number of aliphatic hydroxyl groups excluding tert-OH is 1. The van der Waals surface area contributed by atoms with Crippen LogP contribution in [0.15, 0.2) is 95.9 Å². The number of nitrogens with one attached hydrogen (secondary N) is 3. The molecule has 4 aromatic heterocycles. The monoisotopic (exact) mass is 1060 g/mol. The van der Waals surface area contributed by atoms with Crippen LogP contribution in [0.25, 0.3) is 27.3 Å². The summed E-state index contributed by atoms with van der Waals surface area (Å²) in [5.74, 6) is -0.521. The molecule has 76 heavy (non-hydrogen) atoms. The number of hydrogen-bond donors (Lipinski definition) is 5. The molecule has 6 aromatic rings. The minimum absolute atomic E-state index is 0.0128. The number of likely N-dealkylation sites (tertiary alicyclic amines) is 1. The molecule has 3 amide bonds. The fourth-order valence-electron chi connectivity index (χ4n) is 9.36. The number of thiazole rings is 1. The summed E-state index contributed by atoms with van der Waals surface area (Å²) in [6.07, 6.45) is 3.21. The van der Waals surface area contributed by atoms with Crippen LogP contribution >= 0.6 is 11.3 Å². The molecule has 20 nitrogen and oxygen atoms in total. The lowest BCUT2D eigenvalue weighted by molar-refractivity contribution is -0.144. The Morgan fingerprint density at radius 1 is 0.934 bits per heavy atom. The lowest BCUT2D eigenvalue weighted by Crippen LogP contribution is -2.58. The number of allylic oxidation sites excluding steroid dienone is 1. The molecule has 8 rings (SSSR count). The molecule has 2 aliphatic rings. The van der Waals surface area contributed by atoms with E-state index in [9.17, 15) is 29.4 Å². The van der Waals surface area contributed by atoms with Crippen molar-refractivity contribution < 1.29 is 34.1 Å². The van der Waals surface area contributed by atoms with Gasteiger partial charge in [0.2, 0.25) is 23.7 Å². The highest BCUT2D eigenvalue weighted by Crippen LogP contribution is 2.29. The third-order valence-corrected chi connectivity index (χ3v) is 14.5. The molecule has 0 spiro atoms. The molecule has 5 N–H and O–H groups in total. The van der Waals surface area contributed by atoms with E-state index in [1.165, 1.54) is 15.8 Å². The zero-order chi connectivity index (χ0) is 54.1. The minimum atomic E-state index is -1.19. The van der Waals surface area contributed by atoms with Crippen LogP contribution in [0.2, 0.25) is 0 Å². The van der Waals surface area contributed by atoms with E-state index in [-0.39, 0.29) is 50.7 Å². The van der Waals surface area contributed by atoms with E-state index < -0.39 is 41.0 Å². The van der Waals surface area contributed by atoms with E-state index in [0.717, 1.165) is 72.2 Å². The van der Waals surface area contributed by atoms with E-state index >= 15 is 0 Å². The number of hydrogen-bond acceptors (Lipinski definition) is 16. The first-order valence-corrected chi connectivity index (χ1v) is 26.6. The fraction of sp³-hybridized carbons (Fsp3) is 0.455. The number of carbonyl (C=O) groups excluding carboxylic acids is 3. The number of anilines is 3. The average Bonchev–Trinajstić information content (AvgIpc) is 4.18. The van der Waals surface area contributed by atoms with Crippen molar-refractivity contribution in [2.45, 2.75) is 91.3 Å². The standard InChI is InChI=1S/C55H70N12O8S/c1-8-21-66-51(71)42-32-57-53(62-49(42)67(66)45-12-9-11-44(60-45)55(6,7)73)59-39-17-19-40(20-18-39)64-25-23-63(24-26-64)22-10-27-74-28-29-75-34-46(69)61-48(54(3,4)5)52(72)65-33-41(68)30-43(65)50(70)56-31-37-13-15-38(16-14-37)47-36(2)58-35-76-47/h8-9,11-20,32,35,41,43,48,68,73H,1,10,21-31,33-34H2,2-7H3,(H,56,70)(H,61,69)(H,57,59,62)/t41?,43?,48-/m1/s1. The molecule has 2 aliphatic heterocycles. The Morgan fingerprint density at radius 2 is 1.67 bits per heavy atom. The lowest BCUT2D eigenvalue weighted by Gasteiger charge is -2.36. The van der Waals surface area contributed by atoms with Crippen LogP contribution in [0.5, 0.6) is 0 Å². The summed E-state index contributed by atoms with van der Waals surface area (Å²) in [6, 6.07) is 19.4. The first-order valence-electron chi connectivity index (χ1n) is 25.7. The first kappa shape index (κ1) is 55.4. The van der Waals surface area contributed by atoms with Gasteiger partial charge in [0.25, 0.3) is 5.56 Å². The third-order valence-electron chi connectivity index (χ3n) is 13.5. The van der Waals surface area contributed by atoms with Crippen molar-refractivity contribution in [3.63, 3.8) is 0 Å². The number of amides is 3.